The van der Waals surface area contributed by atoms with Crippen molar-refractivity contribution >= 4 is 12.4 Å². The Hall–Kier alpha value is 0.210. The molecule has 1 fully saturated rings. The van der Waals surface area contributed by atoms with Crippen LogP contribution in [0.2, 0.25) is 0 Å². The van der Waals surface area contributed by atoms with Gasteiger partial charge < -0.3 is 10.0 Å². The highest BCUT2D eigenvalue weighted by atomic mass is 35.5. The number of aliphatic hydroxyl groups excluding tert-OH is 1. The Morgan fingerprint density at radius 3 is 2.70 bits per heavy atom. The van der Waals surface area contributed by atoms with Crippen LogP contribution in [0.15, 0.2) is 0 Å². The molecule has 0 amide bonds. The third-order valence-corrected chi connectivity index (χ3v) is 1.92. The molecule has 0 spiro atoms. The molecule has 0 saturated carbocycles. The molecule has 1 atom stereocenters. The molecule has 0 radical (unpaired) electrons. The van der Waals surface area contributed by atoms with Gasteiger partial charge in [0.1, 0.15) is 0 Å². The summed E-state index contributed by atoms with van der Waals surface area (Å²) in [6, 6.07) is 0. The first-order chi connectivity index (χ1) is 4.29. The second kappa shape index (κ2) is 4.94. The van der Waals surface area contributed by atoms with Crippen LogP contribution in [-0.4, -0.2) is 36.2 Å². The van der Waals surface area contributed by atoms with Crippen molar-refractivity contribution in [2.45, 2.75) is 25.4 Å². The summed E-state index contributed by atoms with van der Waals surface area (Å²) >= 11 is 0. The Balaban J connectivity index is 0.000000810. The van der Waals surface area contributed by atoms with Gasteiger partial charge in [-0.3, -0.25) is 0 Å². The summed E-state index contributed by atoms with van der Waals surface area (Å²) in [5.41, 5.74) is 0. The second-order valence-electron chi connectivity index (χ2n) is 2.89. The molecule has 0 bridgehead atoms. The van der Waals surface area contributed by atoms with Crippen molar-refractivity contribution in [2.24, 2.45) is 0 Å². The number of nitrogens with zero attached hydrogens (tertiary/aromatic N) is 1. The van der Waals surface area contributed by atoms with E-state index in [9.17, 15) is 5.11 Å². The van der Waals surface area contributed by atoms with E-state index < -0.39 is 0 Å². The molecule has 1 saturated heterocycles. The minimum Gasteiger partial charge on any atom is -0.393 e. The molecular formula is C7H16ClNO. The van der Waals surface area contributed by atoms with Gasteiger partial charge in [-0.1, -0.05) is 0 Å². The van der Waals surface area contributed by atoms with E-state index in [0.29, 0.717) is 0 Å². The van der Waals surface area contributed by atoms with Crippen LogP contribution < -0.4 is 0 Å². The molecule has 1 N–H and O–H groups in total. The van der Waals surface area contributed by atoms with E-state index in [1.54, 1.807) is 0 Å². The molecule has 10 heavy (non-hydrogen) atoms. The average Bonchev–Trinajstić information content (AvgIpc) is 1.97. The van der Waals surface area contributed by atoms with Crippen molar-refractivity contribution < 1.29 is 5.11 Å². The fourth-order valence-electron chi connectivity index (χ4n) is 1.22. The zero-order chi connectivity index (χ0) is 6.69. The highest BCUT2D eigenvalue weighted by molar-refractivity contribution is 5.85. The van der Waals surface area contributed by atoms with E-state index >= 15 is 0 Å². The highest BCUT2D eigenvalue weighted by Crippen LogP contribution is 2.08. The Morgan fingerprint density at radius 1 is 1.30 bits per heavy atom. The van der Waals surface area contributed by atoms with Gasteiger partial charge in [-0.25, -0.2) is 0 Å². The van der Waals surface area contributed by atoms with Gasteiger partial charge in [0.15, 0.2) is 0 Å². The summed E-state index contributed by atoms with van der Waals surface area (Å²) in [5, 5.41) is 9.18. The van der Waals surface area contributed by atoms with Crippen LogP contribution in [0.3, 0.4) is 0 Å². The molecule has 1 aliphatic heterocycles. The maximum Gasteiger partial charge on any atom is 0.0553 e. The van der Waals surface area contributed by atoms with Crippen molar-refractivity contribution in [3.05, 3.63) is 0 Å². The van der Waals surface area contributed by atoms with Gasteiger partial charge in [0.05, 0.1) is 6.10 Å². The summed E-state index contributed by atoms with van der Waals surface area (Å²) in [6.45, 7) is 2.21. The minimum absolute atomic E-state index is 0. The van der Waals surface area contributed by atoms with Crippen molar-refractivity contribution in [3.8, 4) is 0 Å². The lowest BCUT2D eigenvalue weighted by Crippen LogP contribution is -2.19. The van der Waals surface area contributed by atoms with Gasteiger partial charge >= 0.3 is 0 Å². The summed E-state index contributed by atoms with van der Waals surface area (Å²) in [5.74, 6) is 0. The van der Waals surface area contributed by atoms with E-state index in [0.717, 1.165) is 32.4 Å². The predicted molar refractivity (Wildman–Crippen MR) is 44.6 cm³/mol. The summed E-state index contributed by atoms with van der Waals surface area (Å²) in [4.78, 5) is 2.27. The number of hydrogen-bond donors (Lipinski definition) is 1. The van der Waals surface area contributed by atoms with Crippen LogP contribution in [0, 0.1) is 0 Å². The maximum atomic E-state index is 9.18. The Bertz CT molecular complexity index is 79.7. The zero-order valence-electron chi connectivity index (χ0n) is 6.42. The molecule has 62 valence electrons. The van der Waals surface area contributed by atoms with Gasteiger partial charge in [-0.05, 0) is 32.9 Å². The molecule has 0 aromatic rings. The van der Waals surface area contributed by atoms with Crippen LogP contribution in [-0.2, 0) is 0 Å². The molecule has 3 heteroatoms. The van der Waals surface area contributed by atoms with Crippen LogP contribution in [0.5, 0.6) is 0 Å². The normalized spacial score (nSPS) is 28.8. The summed E-state index contributed by atoms with van der Waals surface area (Å²) in [7, 11) is 2.11. The van der Waals surface area contributed by atoms with E-state index in [1.165, 1.54) is 0 Å². The Kier molecular flexibility index (Phi) is 5.04. The Morgan fingerprint density at radius 2 is 2.00 bits per heavy atom. The van der Waals surface area contributed by atoms with Gasteiger partial charge in [0.2, 0.25) is 0 Å². The number of halogens is 1. The van der Waals surface area contributed by atoms with E-state index in [2.05, 4.69) is 11.9 Å². The highest BCUT2D eigenvalue weighted by Gasteiger charge is 2.10. The van der Waals surface area contributed by atoms with Crippen molar-refractivity contribution in [1.82, 2.24) is 4.90 Å². The standard InChI is InChI=1S/C7H15NO.ClH/c1-8-5-2-3-7(9)4-6-8;/h7,9H,2-6H2,1H3;1H. The smallest absolute Gasteiger partial charge is 0.0553 e. The van der Waals surface area contributed by atoms with E-state index in [-0.39, 0.29) is 18.5 Å². The van der Waals surface area contributed by atoms with Gasteiger partial charge in [-0.15, -0.1) is 12.4 Å². The Labute approximate surface area is 68.6 Å². The second-order valence-corrected chi connectivity index (χ2v) is 2.89. The molecule has 1 rings (SSSR count). The van der Waals surface area contributed by atoms with Crippen LogP contribution in [0.25, 0.3) is 0 Å². The first kappa shape index (κ1) is 10.2. The van der Waals surface area contributed by atoms with Crippen molar-refractivity contribution in [3.63, 3.8) is 0 Å². The van der Waals surface area contributed by atoms with E-state index in [4.69, 9.17) is 0 Å². The molecule has 1 heterocycles. The first-order valence-corrected chi connectivity index (χ1v) is 3.65. The lowest BCUT2D eigenvalue weighted by molar-refractivity contribution is 0.157. The third-order valence-electron chi connectivity index (χ3n) is 1.92. The van der Waals surface area contributed by atoms with Gasteiger partial charge in [-0.2, -0.15) is 0 Å². The lowest BCUT2D eigenvalue weighted by Gasteiger charge is -2.10. The van der Waals surface area contributed by atoms with Crippen LogP contribution >= 0.6 is 12.4 Å². The SMILES string of the molecule is CN1CCCC(O)CC1.Cl. The number of hydrogen-bond acceptors (Lipinski definition) is 2. The number of aliphatic hydroxyl groups is 1. The fourth-order valence-corrected chi connectivity index (χ4v) is 1.22. The maximum absolute atomic E-state index is 9.18. The average molecular weight is 166 g/mol. The molecular weight excluding hydrogens is 150 g/mol. The fraction of sp³-hybridized carbons (Fsp3) is 1.00. The van der Waals surface area contributed by atoms with Gasteiger partial charge in [0, 0.05) is 6.54 Å². The lowest BCUT2D eigenvalue weighted by atomic mass is 10.2. The molecule has 0 aromatic carbocycles. The zero-order valence-corrected chi connectivity index (χ0v) is 7.23. The molecule has 0 aliphatic carbocycles. The van der Waals surface area contributed by atoms with Crippen LogP contribution in [0.4, 0.5) is 0 Å². The molecule has 2 nitrogen and oxygen atoms in total. The molecule has 1 aliphatic rings. The monoisotopic (exact) mass is 165 g/mol. The predicted octanol–water partition coefficient (Wildman–Crippen LogP) is 0.885. The number of rotatable bonds is 0. The quantitative estimate of drug-likeness (QED) is 0.576. The molecule has 0 aromatic heterocycles. The number of likely N-dealkylation sites (tertiary alicyclic amines) is 1. The minimum atomic E-state index is -0.0325. The van der Waals surface area contributed by atoms with E-state index in [1.807, 2.05) is 0 Å². The third kappa shape index (κ3) is 3.40. The van der Waals surface area contributed by atoms with Crippen molar-refractivity contribution in [1.29, 1.82) is 0 Å². The topological polar surface area (TPSA) is 23.5 Å². The first-order valence-electron chi connectivity index (χ1n) is 3.65. The largest absolute Gasteiger partial charge is 0.393 e. The summed E-state index contributed by atoms with van der Waals surface area (Å²) < 4.78 is 0. The van der Waals surface area contributed by atoms with Crippen LogP contribution in [0.1, 0.15) is 19.3 Å². The van der Waals surface area contributed by atoms with Crippen molar-refractivity contribution in [2.75, 3.05) is 20.1 Å². The molecule has 1 unspecified atom stereocenters. The van der Waals surface area contributed by atoms with Gasteiger partial charge in [0.25, 0.3) is 0 Å². The summed E-state index contributed by atoms with van der Waals surface area (Å²) in [6.07, 6.45) is 3.06.